The molecule has 0 amide bonds. The fourth-order valence-corrected chi connectivity index (χ4v) is 0.592. The fourth-order valence-electron chi connectivity index (χ4n) is 0.427. The van der Waals surface area contributed by atoms with E-state index in [0.717, 1.165) is 0 Å². The number of carbonyl (C=O) groups excluding carboxylic acids is 1. The smallest absolute Gasteiger partial charge is 0.216 e. The molecule has 0 saturated carbocycles. The van der Waals surface area contributed by atoms with Gasteiger partial charge in [-0.3, -0.25) is 4.79 Å². The van der Waals surface area contributed by atoms with E-state index in [2.05, 4.69) is 19.2 Å². The van der Waals surface area contributed by atoms with Crippen LogP contribution in [0.25, 0.3) is 0 Å². The fraction of sp³-hybridized carbons (Fsp3) is 0.125. The van der Waals surface area contributed by atoms with E-state index < -0.39 is 0 Å². The van der Waals surface area contributed by atoms with Gasteiger partial charge in [-0.2, -0.15) is 0 Å². The first-order chi connectivity index (χ1) is 4.72. The molecule has 0 aliphatic rings. The van der Waals surface area contributed by atoms with E-state index in [1.54, 1.807) is 12.2 Å². The lowest BCUT2D eigenvalue weighted by molar-refractivity contribution is -0.107. The Hall–Kier alpha value is -0.760. The first-order valence-corrected chi connectivity index (χ1v) is 3.35. The maximum atomic E-state index is 10.6. The molecule has 0 heterocycles. The van der Waals surface area contributed by atoms with Gasteiger partial charge in [-0.1, -0.05) is 30.9 Å². The van der Waals surface area contributed by atoms with Gasteiger partial charge in [0.05, 0.1) is 0 Å². The molecule has 0 radical (unpaired) electrons. The van der Waals surface area contributed by atoms with Crippen molar-refractivity contribution in [3.8, 4) is 0 Å². The largest absolute Gasteiger partial charge is 0.282 e. The van der Waals surface area contributed by atoms with Crippen LogP contribution in [0, 0.1) is 0 Å². The Labute approximate surface area is 66.5 Å². The van der Waals surface area contributed by atoms with E-state index in [4.69, 9.17) is 0 Å². The van der Waals surface area contributed by atoms with Crippen LogP contribution < -0.4 is 0 Å². The van der Waals surface area contributed by atoms with Crippen LogP contribution in [0.5, 0.6) is 0 Å². The molecule has 0 aromatic heterocycles. The maximum Gasteiger partial charge on any atom is 0.216 e. The molecule has 0 bridgehead atoms. The molecule has 0 aromatic carbocycles. The SMILES string of the molecule is C=C/C(=C\C=C/C)C(=O)S. The number of hydrogen-bond acceptors (Lipinski definition) is 1. The van der Waals surface area contributed by atoms with Crippen LogP contribution in [0.4, 0.5) is 0 Å². The Kier molecular flexibility index (Phi) is 4.67. The number of carbonyl (C=O) groups is 1. The number of allylic oxidation sites excluding steroid dienone is 4. The van der Waals surface area contributed by atoms with Crippen molar-refractivity contribution in [2.75, 3.05) is 0 Å². The maximum absolute atomic E-state index is 10.6. The van der Waals surface area contributed by atoms with Crippen LogP contribution in [0.3, 0.4) is 0 Å². The second kappa shape index (κ2) is 5.06. The molecule has 0 aromatic rings. The highest BCUT2D eigenvalue weighted by atomic mass is 32.1. The van der Waals surface area contributed by atoms with Gasteiger partial charge in [0.1, 0.15) is 0 Å². The van der Waals surface area contributed by atoms with Gasteiger partial charge < -0.3 is 0 Å². The molecule has 0 rings (SSSR count). The first-order valence-electron chi connectivity index (χ1n) is 2.91. The van der Waals surface area contributed by atoms with Gasteiger partial charge in [-0.15, -0.1) is 12.6 Å². The molecule has 0 N–H and O–H groups in total. The quantitative estimate of drug-likeness (QED) is 0.374. The average Bonchev–Trinajstić information content (AvgIpc) is 1.89. The Balaban J connectivity index is 4.33. The summed E-state index contributed by atoms with van der Waals surface area (Å²) < 4.78 is 0. The van der Waals surface area contributed by atoms with Gasteiger partial charge in [-0.25, -0.2) is 0 Å². The molecular formula is C8H10OS. The van der Waals surface area contributed by atoms with Crippen LogP contribution in [-0.2, 0) is 4.79 Å². The lowest BCUT2D eigenvalue weighted by Gasteiger charge is -1.88. The first kappa shape index (κ1) is 9.24. The van der Waals surface area contributed by atoms with E-state index in [1.165, 1.54) is 6.08 Å². The molecule has 2 heteroatoms. The van der Waals surface area contributed by atoms with Gasteiger partial charge in [0.25, 0.3) is 0 Å². The minimum atomic E-state index is -0.256. The molecule has 0 saturated heterocycles. The van der Waals surface area contributed by atoms with Crippen LogP contribution in [0.15, 0.2) is 36.5 Å². The molecule has 0 fully saturated rings. The van der Waals surface area contributed by atoms with Crippen molar-refractivity contribution in [1.82, 2.24) is 0 Å². The van der Waals surface area contributed by atoms with Crippen LogP contribution in [0.1, 0.15) is 6.92 Å². The summed E-state index contributed by atoms with van der Waals surface area (Å²) in [6.45, 7) is 5.34. The van der Waals surface area contributed by atoms with E-state index in [1.807, 2.05) is 13.0 Å². The van der Waals surface area contributed by atoms with Crippen LogP contribution in [-0.4, -0.2) is 5.12 Å². The summed E-state index contributed by atoms with van der Waals surface area (Å²) in [6.07, 6.45) is 6.75. The molecular weight excluding hydrogens is 144 g/mol. The second-order valence-electron chi connectivity index (χ2n) is 1.66. The summed E-state index contributed by atoms with van der Waals surface area (Å²) in [6, 6.07) is 0. The summed E-state index contributed by atoms with van der Waals surface area (Å²) in [5, 5.41) is -0.256. The van der Waals surface area contributed by atoms with E-state index in [9.17, 15) is 4.79 Å². The zero-order valence-corrected chi connectivity index (χ0v) is 6.77. The van der Waals surface area contributed by atoms with E-state index >= 15 is 0 Å². The third-order valence-electron chi connectivity index (χ3n) is 0.935. The molecule has 0 atom stereocenters. The van der Waals surface area contributed by atoms with Crippen molar-refractivity contribution < 1.29 is 4.79 Å². The Morgan fingerprint density at radius 1 is 1.60 bits per heavy atom. The summed E-state index contributed by atoms with van der Waals surface area (Å²) in [5.41, 5.74) is 0.515. The highest BCUT2D eigenvalue weighted by molar-refractivity contribution is 7.97. The van der Waals surface area contributed by atoms with Gasteiger partial charge >= 0.3 is 0 Å². The summed E-state index contributed by atoms with van der Waals surface area (Å²) in [4.78, 5) is 10.6. The van der Waals surface area contributed by atoms with Gasteiger partial charge in [0.2, 0.25) is 5.12 Å². The minimum absolute atomic E-state index is 0.256. The zero-order chi connectivity index (χ0) is 7.98. The average molecular weight is 154 g/mol. The molecule has 0 spiro atoms. The third kappa shape index (κ3) is 3.30. The normalized spacial score (nSPS) is 12.0. The van der Waals surface area contributed by atoms with Crippen molar-refractivity contribution in [2.45, 2.75) is 6.92 Å². The second-order valence-corrected chi connectivity index (χ2v) is 2.06. The molecule has 54 valence electrons. The monoisotopic (exact) mass is 154 g/mol. The van der Waals surface area contributed by atoms with Gasteiger partial charge in [0.15, 0.2) is 0 Å². The molecule has 10 heavy (non-hydrogen) atoms. The third-order valence-corrected chi connectivity index (χ3v) is 1.19. The van der Waals surface area contributed by atoms with E-state index in [-0.39, 0.29) is 5.12 Å². The van der Waals surface area contributed by atoms with Crippen LogP contribution in [0.2, 0.25) is 0 Å². The zero-order valence-electron chi connectivity index (χ0n) is 5.87. The van der Waals surface area contributed by atoms with Gasteiger partial charge in [0, 0.05) is 5.57 Å². The van der Waals surface area contributed by atoms with Crippen molar-refractivity contribution in [3.05, 3.63) is 36.5 Å². The van der Waals surface area contributed by atoms with Crippen molar-refractivity contribution in [3.63, 3.8) is 0 Å². The summed E-state index contributed by atoms with van der Waals surface area (Å²) in [7, 11) is 0. The Morgan fingerprint density at radius 3 is 2.50 bits per heavy atom. The lowest BCUT2D eigenvalue weighted by atomic mass is 10.2. The highest BCUT2D eigenvalue weighted by Crippen LogP contribution is 2.00. The molecule has 1 nitrogen and oxygen atoms in total. The lowest BCUT2D eigenvalue weighted by Crippen LogP contribution is -1.87. The topological polar surface area (TPSA) is 17.1 Å². The highest BCUT2D eigenvalue weighted by Gasteiger charge is 1.95. The number of rotatable bonds is 3. The summed E-state index contributed by atoms with van der Waals surface area (Å²) >= 11 is 3.63. The molecule has 0 aliphatic carbocycles. The summed E-state index contributed by atoms with van der Waals surface area (Å²) in [5.74, 6) is 0. The minimum Gasteiger partial charge on any atom is -0.282 e. The van der Waals surface area contributed by atoms with Crippen molar-refractivity contribution in [1.29, 1.82) is 0 Å². The van der Waals surface area contributed by atoms with Crippen molar-refractivity contribution in [2.24, 2.45) is 0 Å². The van der Waals surface area contributed by atoms with Crippen molar-refractivity contribution >= 4 is 17.7 Å². The standard InChI is InChI=1S/C8H10OS/c1-3-5-6-7(4-2)8(9)10/h3-6H,2H2,1H3,(H,9,10)/b5-3-,7-6+. The molecule has 0 aliphatic heterocycles. The number of hydrogen-bond donors (Lipinski definition) is 1. The molecule has 0 unspecified atom stereocenters. The van der Waals surface area contributed by atoms with Gasteiger partial charge in [-0.05, 0) is 6.92 Å². The van der Waals surface area contributed by atoms with E-state index in [0.29, 0.717) is 5.57 Å². The predicted molar refractivity (Wildman–Crippen MR) is 47.1 cm³/mol. The predicted octanol–water partition coefficient (Wildman–Crippen LogP) is 2.13. The van der Waals surface area contributed by atoms with Crippen LogP contribution >= 0.6 is 12.6 Å². The number of thiol groups is 1. The Bertz CT molecular complexity index is 189. The Morgan fingerprint density at radius 2 is 2.20 bits per heavy atom.